The third kappa shape index (κ3) is 1.93. The maximum absolute atomic E-state index is 11.8. The Morgan fingerprint density at radius 3 is 2.23 bits per heavy atom. The summed E-state index contributed by atoms with van der Waals surface area (Å²) in [6.45, 7) is 9.19. The zero-order valence-corrected chi connectivity index (χ0v) is 9.24. The minimum atomic E-state index is -0.159. The Bertz CT molecular complexity index is 204. The van der Waals surface area contributed by atoms with E-state index in [2.05, 4.69) is 19.2 Å². The number of nitrogens with one attached hydrogen (secondary N) is 1. The van der Waals surface area contributed by atoms with Gasteiger partial charge in [-0.05, 0) is 12.8 Å². The average molecular weight is 183 g/mol. The maximum Gasteiger partial charge on any atom is 0.141 e. The fourth-order valence-corrected chi connectivity index (χ4v) is 1.87. The topological polar surface area (TPSA) is 29.1 Å². The zero-order chi connectivity index (χ0) is 10.1. The molecular formula is C11H21NO. The van der Waals surface area contributed by atoms with Gasteiger partial charge in [-0.3, -0.25) is 4.79 Å². The van der Waals surface area contributed by atoms with E-state index in [1.54, 1.807) is 0 Å². The average Bonchev–Trinajstić information content (AvgIpc) is 2.11. The van der Waals surface area contributed by atoms with Crippen LogP contribution in [0.15, 0.2) is 0 Å². The fourth-order valence-electron chi connectivity index (χ4n) is 1.87. The molecule has 0 atom stereocenters. The molecule has 1 rings (SSSR count). The Kier molecular flexibility index (Phi) is 2.81. The molecule has 1 saturated heterocycles. The first kappa shape index (κ1) is 10.7. The van der Waals surface area contributed by atoms with E-state index >= 15 is 0 Å². The van der Waals surface area contributed by atoms with Gasteiger partial charge < -0.3 is 5.32 Å². The lowest BCUT2D eigenvalue weighted by molar-refractivity contribution is -0.131. The summed E-state index contributed by atoms with van der Waals surface area (Å²) in [5.41, 5.74) is -0.0690. The molecule has 1 N–H and O–H groups in total. The van der Waals surface area contributed by atoms with E-state index in [1.165, 1.54) is 0 Å². The Labute approximate surface area is 81.1 Å². The van der Waals surface area contributed by atoms with Crippen molar-refractivity contribution >= 4 is 5.78 Å². The van der Waals surface area contributed by atoms with E-state index in [-0.39, 0.29) is 11.0 Å². The van der Waals surface area contributed by atoms with E-state index in [0.29, 0.717) is 12.2 Å². The third-order valence-corrected chi connectivity index (χ3v) is 3.51. The highest BCUT2D eigenvalue weighted by molar-refractivity contribution is 5.86. The number of hydrogen-bond acceptors (Lipinski definition) is 2. The van der Waals surface area contributed by atoms with Crippen LogP contribution in [0.1, 0.15) is 47.0 Å². The molecule has 0 radical (unpaired) electrons. The highest BCUT2D eigenvalue weighted by atomic mass is 16.1. The summed E-state index contributed by atoms with van der Waals surface area (Å²) in [6.07, 6.45) is 2.80. The molecule has 0 aromatic carbocycles. The quantitative estimate of drug-likeness (QED) is 0.710. The van der Waals surface area contributed by atoms with Gasteiger partial charge in [0.25, 0.3) is 0 Å². The van der Waals surface area contributed by atoms with Crippen LogP contribution in [0, 0.1) is 5.41 Å². The number of rotatable bonds is 2. The fraction of sp³-hybridized carbons (Fsp3) is 0.909. The molecule has 0 unspecified atom stereocenters. The maximum atomic E-state index is 11.8. The second kappa shape index (κ2) is 3.41. The molecule has 2 nitrogen and oxygen atoms in total. The van der Waals surface area contributed by atoms with Crippen LogP contribution in [0.5, 0.6) is 0 Å². The van der Waals surface area contributed by atoms with Crippen molar-refractivity contribution in [2.75, 3.05) is 6.54 Å². The van der Waals surface area contributed by atoms with E-state index in [9.17, 15) is 4.79 Å². The van der Waals surface area contributed by atoms with Crippen LogP contribution in [-0.2, 0) is 4.79 Å². The van der Waals surface area contributed by atoms with Crippen LogP contribution < -0.4 is 5.32 Å². The molecule has 1 heterocycles. The summed E-state index contributed by atoms with van der Waals surface area (Å²) < 4.78 is 0. The summed E-state index contributed by atoms with van der Waals surface area (Å²) in [7, 11) is 0. The number of ketones is 1. The molecule has 0 amide bonds. The molecule has 0 spiro atoms. The predicted octanol–water partition coefficient (Wildman–Crippen LogP) is 2.13. The lowest BCUT2D eigenvalue weighted by atomic mass is 9.73. The first-order chi connectivity index (χ1) is 5.96. The molecule has 0 aliphatic carbocycles. The number of carbonyl (C=O) groups excluding carboxylic acids is 1. The van der Waals surface area contributed by atoms with Gasteiger partial charge in [-0.2, -0.15) is 0 Å². The number of piperidine rings is 1. The van der Waals surface area contributed by atoms with Gasteiger partial charge in [-0.1, -0.05) is 27.7 Å². The Morgan fingerprint density at radius 1 is 1.31 bits per heavy atom. The molecule has 13 heavy (non-hydrogen) atoms. The highest BCUT2D eigenvalue weighted by Gasteiger charge is 2.41. The van der Waals surface area contributed by atoms with Crippen LogP contribution in [0.25, 0.3) is 0 Å². The van der Waals surface area contributed by atoms with Gasteiger partial charge in [0.15, 0.2) is 0 Å². The lowest BCUT2D eigenvalue weighted by Gasteiger charge is -2.42. The van der Waals surface area contributed by atoms with Crippen molar-refractivity contribution in [1.29, 1.82) is 0 Å². The Balaban J connectivity index is 2.74. The van der Waals surface area contributed by atoms with Crippen LogP contribution in [0.2, 0.25) is 0 Å². The molecule has 2 heteroatoms. The van der Waals surface area contributed by atoms with E-state index in [1.807, 2.05) is 13.8 Å². The second-order valence-corrected chi connectivity index (χ2v) is 4.82. The zero-order valence-electron chi connectivity index (χ0n) is 9.24. The van der Waals surface area contributed by atoms with Crippen molar-refractivity contribution in [1.82, 2.24) is 5.32 Å². The number of hydrogen-bond donors (Lipinski definition) is 1. The standard InChI is InChI=1S/C11H21NO/c1-5-11(6-2)7-9(13)10(3,4)8-12-11/h12H,5-8H2,1-4H3. The van der Waals surface area contributed by atoms with Crippen LogP contribution in [0.4, 0.5) is 0 Å². The van der Waals surface area contributed by atoms with Gasteiger partial charge in [0.2, 0.25) is 0 Å². The predicted molar refractivity (Wildman–Crippen MR) is 54.7 cm³/mol. The van der Waals surface area contributed by atoms with Crippen LogP contribution >= 0.6 is 0 Å². The lowest BCUT2D eigenvalue weighted by Crippen LogP contribution is -2.57. The van der Waals surface area contributed by atoms with Gasteiger partial charge in [-0.25, -0.2) is 0 Å². The smallest absolute Gasteiger partial charge is 0.141 e. The normalized spacial score (nSPS) is 26.0. The van der Waals surface area contributed by atoms with Crippen molar-refractivity contribution in [2.45, 2.75) is 52.5 Å². The number of carbonyl (C=O) groups is 1. The molecule has 0 aromatic heterocycles. The van der Waals surface area contributed by atoms with Crippen molar-refractivity contribution in [2.24, 2.45) is 5.41 Å². The summed E-state index contributed by atoms with van der Waals surface area (Å²) >= 11 is 0. The SMILES string of the molecule is CCC1(CC)CC(=O)C(C)(C)CN1. The minimum absolute atomic E-state index is 0.0899. The Hall–Kier alpha value is -0.370. The molecule has 1 fully saturated rings. The van der Waals surface area contributed by atoms with Crippen molar-refractivity contribution < 1.29 is 4.79 Å². The summed E-state index contributed by atoms with van der Waals surface area (Å²) in [5, 5.41) is 3.53. The Morgan fingerprint density at radius 2 is 1.85 bits per heavy atom. The van der Waals surface area contributed by atoms with Gasteiger partial charge >= 0.3 is 0 Å². The summed E-state index contributed by atoms with van der Waals surface area (Å²) in [6, 6.07) is 0. The van der Waals surface area contributed by atoms with Gasteiger partial charge in [0.05, 0.1) is 0 Å². The minimum Gasteiger partial charge on any atom is -0.310 e. The first-order valence-corrected chi connectivity index (χ1v) is 5.24. The largest absolute Gasteiger partial charge is 0.310 e. The first-order valence-electron chi connectivity index (χ1n) is 5.24. The van der Waals surface area contributed by atoms with Crippen LogP contribution in [0.3, 0.4) is 0 Å². The van der Waals surface area contributed by atoms with Gasteiger partial charge in [-0.15, -0.1) is 0 Å². The highest BCUT2D eigenvalue weighted by Crippen LogP contribution is 2.32. The molecule has 0 saturated carbocycles. The monoisotopic (exact) mass is 183 g/mol. The van der Waals surface area contributed by atoms with Gasteiger partial charge in [0.1, 0.15) is 5.78 Å². The van der Waals surface area contributed by atoms with Crippen molar-refractivity contribution in [3.63, 3.8) is 0 Å². The van der Waals surface area contributed by atoms with E-state index in [0.717, 1.165) is 19.4 Å². The van der Waals surface area contributed by atoms with Gasteiger partial charge in [0, 0.05) is 23.9 Å². The number of Topliss-reactive ketones (excluding diaryl/α,β-unsaturated/α-hetero) is 1. The molecule has 1 aliphatic rings. The summed E-state index contributed by atoms with van der Waals surface area (Å²) in [4.78, 5) is 11.8. The summed E-state index contributed by atoms with van der Waals surface area (Å²) in [5.74, 6) is 0.412. The molecule has 0 aromatic rings. The second-order valence-electron chi connectivity index (χ2n) is 4.82. The molecule has 76 valence electrons. The van der Waals surface area contributed by atoms with Crippen molar-refractivity contribution in [3.05, 3.63) is 0 Å². The molecular weight excluding hydrogens is 162 g/mol. The van der Waals surface area contributed by atoms with E-state index < -0.39 is 0 Å². The third-order valence-electron chi connectivity index (χ3n) is 3.51. The van der Waals surface area contributed by atoms with Crippen molar-refractivity contribution in [3.8, 4) is 0 Å². The van der Waals surface area contributed by atoms with Crippen LogP contribution in [-0.4, -0.2) is 17.9 Å². The molecule has 0 bridgehead atoms. The molecule has 1 aliphatic heterocycles. The van der Waals surface area contributed by atoms with E-state index in [4.69, 9.17) is 0 Å².